The van der Waals surface area contributed by atoms with Crippen LogP contribution in [0.15, 0.2) is 48.5 Å². The number of nitrogens with zero attached hydrogens (tertiary/aromatic N) is 2. The van der Waals surface area contributed by atoms with Gasteiger partial charge >= 0.3 is 0 Å². The summed E-state index contributed by atoms with van der Waals surface area (Å²) in [5, 5.41) is 1.12. The van der Waals surface area contributed by atoms with Crippen LogP contribution in [0.25, 0.3) is 10.9 Å². The molecule has 0 spiro atoms. The number of rotatable bonds is 4. The molecule has 0 radical (unpaired) electrons. The molecular formula is C24H25N3O3. The summed E-state index contributed by atoms with van der Waals surface area (Å²) < 4.78 is 5.35. The van der Waals surface area contributed by atoms with Gasteiger partial charge in [0.05, 0.1) is 19.3 Å². The smallest absolute Gasteiger partial charge is 0.255 e. The molecule has 0 aliphatic carbocycles. The molecule has 6 heteroatoms. The first kappa shape index (κ1) is 18.9. The molecular weight excluding hydrogens is 378 g/mol. The maximum absolute atomic E-state index is 13.3. The fraction of sp³-hybridized carbons (Fsp3) is 0.333. The van der Waals surface area contributed by atoms with Crippen molar-refractivity contribution in [2.45, 2.75) is 19.4 Å². The number of para-hydroxylation sites is 1. The van der Waals surface area contributed by atoms with Crippen LogP contribution in [0.3, 0.4) is 0 Å². The molecule has 0 unspecified atom stereocenters. The number of nitrogens with one attached hydrogen (secondary N) is 1. The lowest BCUT2D eigenvalue weighted by atomic mass is 9.95. The van der Waals surface area contributed by atoms with Crippen LogP contribution in [-0.2, 0) is 9.53 Å². The van der Waals surface area contributed by atoms with Crippen molar-refractivity contribution in [3.8, 4) is 0 Å². The van der Waals surface area contributed by atoms with Crippen molar-refractivity contribution in [1.29, 1.82) is 0 Å². The van der Waals surface area contributed by atoms with Crippen molar-refractivity contribution in [2.75, 3.05) is 32.8 Å². The van der Waals surface area contributed by atoms with Crippen molar-refractivity contribution in [1.82, 2.24) is 14.8 Å². The number of benzene rings is 2. The van der Waals surface area contributed by atoms with Gasteiger partial charge in [-0.2, -0.15) is 0 Å². The largest absolute Gasteiger partial charge is 0.378 e. The SMILES string of the molecule is Cc1[nH]c2ccccc2c1[C@@H]1c2ccccc2C(=O)N1CCC(=O)N1CCOCC1. The highest BCUT2D eigenvalue weighted by Crippen LogP contribution is 2.42. The van der Waals surface area contributed by atoms with E-state index in [-0.39, 0.29) is 17.9 Å². The first-order valence-electron chi connectivity index (χ1n) is 10.5. The summed E-state index contributed by atoms with van der Waals surface area (Å²) >= 11 is 0. The van der Waals surface area contributed by atoms with Crippen molar-refractivity contribution in [3.63, 3.8) is 0 Å². The van der Waals surface area contributed by atoms with Crippen molar-refractivity contribution in [2.24, 2.45) is 0 Å². The molecule has 2 amide bonds. The Morgan fingerprint density at radius 1 is 1.10 bits per heavy atom. The number of carbonyl (C=O) groups is 2. The lowest BCUT2D eigenvalue weighted by molar-refractivity contribution is -0.135. The number of fused-ring (bicyclic) bond motifs is 2. The highest BCUT2D eigenvalue weighted by Gasteiger charge is 2.39. The molecule has 5 rings (SSSR count). The Kier molecular flexibility index (Phi) is 4.79. The molecule has 1 N–H and O–H groups in total. The van der Waals surface area contributed by atoms with Gasteiger partial charge in [-0.25, -0.2) is 0 Å². The molecule has 0 bridgehead atoms. The molecule has 1 fully saturated rings. The van der Waals surface area contributed by atoms with E-state index < -0.39 is 0 Å². The summed E-state index contributed by atoms with van der Waals surface area (Å²) in [5.41, 5.74) is 4.96. The fourth-order valence-corrected chi connectivity index (χ4v) is 4.75. The Morgan fingerprint density at radius 3 is 2.67 bits per heavy atom. The standard InChI is InChI=1S/C24H25N3O3/c1-16-22(19-8-4-5-9-20(19)25-16)23-17-6-2-3-7-18(17)24(29)27(23)11-10-21(28)26-12-14-30-15-13-26/h2-9,23,25H,10-15H2,1H3/t23-/m0/s1. The topological polar surface area (TPSA) is 65.6 Å². The van der Waals surface area contributed by atoms with Gasteiger partial charge in [-0.05, 0) is 24.6 Å². The number of aromatic nitrogens is 1. The lowest BCUT2D eigenvalue weighted by Gasteiger charge is -2.29. The number of H-pyrrole nitrogens is 1. The van der Waals surface area contributed by atoms with Gasteiger partial charge in [0, 0.05) is 53.8 Å². The summed E-state index contributed by atoms with van der Waals surface area (Å²) in [5.74, 6) is 0.0755. The normalized spacial score (nSPS) is 18.8. The van der Waals surface area contributed by atoms with Gasteiger partial charge in [0.1, 0.15) is 0 Å². The minimum absolute atomic E-state index is 0.00458. The number of morpholine rings is 1. The Balaban J connectivity index is 1.50. The van der Waals surface area contributed by atoms with Gasteiger partial charge in [-0.1, -0.05) is 36.4 Å². The molecule has 2 aliphatic heterocycles. The molecule has 2 aliphatic rings. The minimum atomic E-state index is -0.192. The van der Waals surface area contributed by atoms with Crippen LogP contribution in [0.1, 0.15) is 39.6 Å². The molecule has 1 aromatic heterocycles. The molecule has 154 valence electrons. The molecule has 6 nitrogen and oxygen atoms in total. The molecule has 1 saturated heterocycles. The third-order valence-electron chi connectivity index (χ3n) is 6.21. The quantitative estimate of drug-likeness (QED) is 0.727. The van der Waals surface area contributed by atoms with Gasteiger partial charge in [0.25, 0.3) is 5.91 Å². The van der Waals surface area contributed by atoms with Gasteiger partial charge in [0.15, 0.2) is 0 Å². The Bertz CT molecular complexity index is 1110. The van der Waals surface area contributed by atoms with Gasteiger partial charge in [0.2, 0.25) is 5.91 Å². The Hall–Kier alpha value is -3.12. The van der Waals surface area contributed by atoms with Gasteiger partial charge in [-0.3, -0.25) is 9.59 Å². The van der Waals surface area contributed by atoms with Crippen molar-refractivity contribution in [3.05, 3.63) is 70.9 Å². The zero-order valence-corrected chi connectivity index (χ0v) is 17.1. The highest BCUT2D eigenvalue weighted by molar-refractivity contribution is 6.01. The summed E-state index contributed by atoms with van der Waals surface area (Å²) in [7, 11) is 0. The van der Waals surface area contributed by atoms with E-state index in [0.717, 1.165) is 33.3 Å². The number of amides is 2. The first-order chi connectivity index (χ1) is 14.6. The maximum atomic E-state index is 13.3. The average Bonchev–Trinajstić information content (AvgIpc) is 3.25. The predicted octanol–water partition coefficient (Wildman–Crippen LogP) is 3.27. The third-order valence-corrected chi connectivity index (χ3v) is 6.21. The molecule has 1 atom stereocenters. The second-order valence-corrected chi connectivity index (χ2v) is 7.94. The predicted molar refractivity (Wildman–Crippen MR) is 114 cm³/mol. The summed E-state index contributed by atoms with van der Waals surface area (Å²) in [6, 6.07) is 15.8. The number of ether oxygens (including phenoxy) is 1. The van der Waals surface area contributed by atoms with E-state index in [0.29, 0.717) is 39.3 Å². The Morgan fingerprint density at radius 2 is 1.83 bits per heavy atom. The molecule has 3 heterocycles. The number of carbonyl (C=O) groups excluding carboxylic acids is 2. The summed E-state index contributed by atoms with van der Waals surface area (Å²) in [6.07, 6.45) is 0.317. The second-order valence-electron chi connectivity index (χ2n) is 7.94. The second kappa shape index (κ2) is 7.61. The fourth-order valence-electron chi connectivity index (χ4n) is 4.75. The van der Waals surface area contributed by atoms with E-state index in [1.807, 2.05) is 46.2 Å². The third kappa shape index (κ3) is 3.08. The van der Waals surface area contributed by atoms with E-state index in [1.54, 1.807) is 0 Å². The average molecular weight is 403 g/mol. The molecule has 0 saturated carbocycles. The van der Waals surface area contributed by atoms with Gasteiger partial charge in [-0.15, -0.1) is 0 Å². The van der Waals surface area contributed by atoms with E-state index in [4.69, 9.17) is 4.74 Å². The number of aryl methyl sites for hydroxylation is 1. The van der Waals surface area contributed by atoms with Crippen LogP contribution in [0.2, 0.25) is 0 Å². The monoisotopic (exact) mass is 403 g/mol. The zero-order chi connectivity index (χ0) is 20.7. The first-order valence-corrected chi connectivity index (χ1v) is 10.5. The van der Waals surface area contributed by atoms with Crippen LogP contribution in [0, 0.1) is 6.92 Å². The Labute approximate surface area is 175 Å². The maximum Gasteiger partial charge on any atom is 0.255 e. The molecule has 30 heavy (non-hydrogen) atoms. The minimum Gasteiger partial charge on any atom is -0.378 e. The summed E-state index contributed by atoms with van der Waals surface area (Å²) in [4.78, 5) is 33.2. The van der Waals surface area contributed by atoms with E-state index in [1.165, 1.54) is 0 Å². The lowest BCUT2D eigenvalue weighted by Crippen LogP contribution is -2.42. The summed E-state index contributed by atoms with van der Waals surface area (Å²) in [6.45, 7) is 4.86. The number of hydrogen-bond acceptors (Lipinski definition) is 3. The van der Waals surface area contributed by atoms with E-state index in [2.05, 4.69) is 24.0 Å². The molecule has 2 aromatic carbocycles. The van der Waals surface area contributed by atoms with Gasteiger partial charge < -0.3 is 19.5 Å². The van der Waals surface area contributed by atoms with Crippen LogP contribution < -0.4 is 0 Å². The zero-order valence-electron chi connectivity index (χ0n) is 17.1. The van der Waals surface area contributed by atoms with Crippen LogP contribution in [0.4, 0.5) is 0 Å². The van der Waals surface area contributed by atoms with Crippen molar-refractivity contribution >= 4 is 22.7 Å². The molecule has 3 aromatic rings. The number of hydrogen-bond donors (Lipinski definition) is 1. The van der Waals surface area contributed by atoms with Crippen LogP contribution in [0.5, 0.6) is 0 Å². The number of aromatic amines is 1. The van der Waals surface area contributed by atoms with E-state index in [9.17, 15) is 9.59 Å². The van der Waals surface area contributed by atoms with Crippen LogP contribution in [-0.4, -0.2) is 59.4 Å². The van der Waals surface area contributed by atoms with Crippen LogP contribution >= 0.6 is 0 Å². The van der Waals surface area contributed by atoms with Crippen molar-refractivity contribution < 1.29 is 14.3 Å². The highest BCUT2D eigenvalue weighted by atomic mass is 16.5. The van der Waals surface area contributed by atoms with E-state index >= 15 is 0 Å².